The summed E-state index contributed by atoms with van der Waals surface area (Å²) in [5.41, 5.74) is 6.79. The fourth-order valence-electron chi connectivity index (χ4n) is 2.28. The zero-order valence-corrected chi connectivity index (χ0v) is 11.7. The van der Waals surface area contributed by atoms with Crippen molar-refractivity contribution in [2.24, 2.45) is 10.7 Å². The maximum Gasteiger partial charge on any atom is 0.196 e. The second-order valence-corrected chi connectivity index (χ2v) is 4.84. The Morgan fingerprint density at radius 3 is 2.63 bits per heavy atom. The maximum atomic E-state index is 6.02. The zero-order chi connectivity index (χ0) is 13.9. The molecule has 1 aliphatic heterocycles. The van der Waals surface area contributed by atoms with E-state index < -0.39 is 0 Å². The van der Waals surface area contributed by atoms with E-state index in [0.29, 0.717) is 25.7 Å². The third kappa shape index (κ3) is 2.66. The lowest BCUT2D eigenvalue weighted by Crippen LogP contribution is -2.53. The number of anilines is 1. The standard InChI is InChI=1S/C14H21N3O2/c1-4-19-10-14(2)9-16-13(15)17(14)11-5-7-12(18-3)8-6-11/h5-8H,4,9-10H2,1-3H3,(H2,15,16). The number of benzene rings is 1. The van der Waals surface area contributed by atoms with Gasteiger partial charge in [0.25, 0.3) is 0 Å². The average Bonchev–Trinajstić information content (AvgIpc) is 2.73. The van der Waals surface area contributed by atoms with E-state index >= 15 is 0 Å². The molecule has 0 bridgehead atoms. The SMILES string of the molecule is CCOCC1(C)CN=C(N)N1c1ccc(OC)cc1. The molecule has 1 unspecified atom stereocenters. The summed E-state index contributed by atoms with van der Waals surface area (Å²) < 4.78 is 10.7. The average molecular weight is 263 g/mol. The summed E-state index contributed by atoms with van der Waals surface area (Å²) in [5, 5.41) is 0. The van der Waals surface area contributed by atoms with Crippen LogP contribution in [0.1, 0.15) is 13.8 Å². The van der Waals surface area contributed by atoms with Gasteiger partial charge in [-0.15, -0.1) is 0 Å². The van der Waals surface area contributed by atoms with Gasteiger partial charge in [-0.2, -0.15) is 0 Å². The fourth-order valence-corrected chi connectivity index (χ4v) is 2.28. The van der Waals surface area contributed by atoms with Gasteiger partial charge in [-0.1, -0.05) is 0 Å². The van der Waals surface area contributed by atoms with Gasteiger partial charge in [-0.25, -0.2) is 0 Å². The minimum Gasteiger partial charge on any atom is -0.497 e. The summed E-state index contributed by atoms with van der Waals surface area (Å²) in [7, 11) is 1.65. The molecule has 1 aromatic carbocycles. The molecule has 5 nitrogen and oxygen atoms in total. The summed E-state index contributed by atoms with van der Waals surface area (Å²) in [6.07, 6.45) is 0. The Hall–Kier alpha value is -1.75. The summed E-state index contributed by atoms with van der Waals surface area (Å²) in [4.78, 5) is 6.38. The number of aliphatic imine (C=N–C) groups is 1. The Labute approximate surface area is 114 Å². The Bertz CT molecular complexity index is 458. The van der Waals surface area contributed by atoms with Gasteiger partial charge in [0, 0.05) is 12.3 Å². The molecule has 2 rings (SSSR count). The first kappa shape index (κ1) is 13.7. The molecule has 5 heteroatoms. The van der Waals surface area contributed by atoms with Crippen molar-refractivity contribution in [3.63, 3.8) is 0 Å². The smallest absolute Gasteiger partial charge is 0.196 e. The predicted octanol–water partition coefficient (Wildman–Crippen LogP) is 1.63. The number of hydrogen-bond acceptors (Lipinski definition) is 5. The molecule has 19 heavy (non-hydrogen) atoms. The lowest BCUT2D eigenvalue weighted by atomic mass is 10.0. The van der Waals surface area contributed by atoms with Crippen molar-refractivity contribution in [3.8, 4) is 5.75 Å². The number of methoxy groups -OCH3 is 1. The Kier molecular flexibility index (Phi) is 3.95. The Morgan fingerprint density at radius 2 is 2.05 bits per heavy atom. The number of ether oxygens (including phenoxy) is 2. The summed E-state index contributed by atoms with van der Waals surface area (Å²) >= 11 is 0. The highest BCUT2D eigenvalue weighted by Crippen LogP contribution is 2.30. The van der Waals surface area contributed by atoms with E-state index in [1.807, 2.05) is 36.1 Å². The maximum absolute atomic E-state index is 6.02. The van der Waals surface area contributed by atoms with Gasteiger partial charge in [0.05, 0.1) is 25.8 Å². The predicted molar refractivity (Wildman–Crippen MR) is 76.9 cm³/mol. The molecule has 1 aromatic rings. The molecule has 104 valence electrons. The van der Waals surface area contributed by atoms with Crippen LogP contribution in [0.25, 0.3) is 0 Å². The molecule has 0 fully saturated rings. The molecular formula is C14H21N3O2. The highest BCUT2D eigenvalue weighted by atomic mass is 16.5. The Morgan fingerprint density at radius 1 is 1.37 bits per heavy atom. The van der Waals surface area contributed by atoms with Crippen LogP contribution in [0, 0.1) is 0 Å². The summed E-state index contributed by atoms with van der Waals surface area (Å²) in [6.45, 7) is 6.02. The number of guanidine groups is 1. The van der Waals surface area contributed by atoms with Crippen molar-refractivity contribution in [3.05, 3.63) is 24.3 Å². The minimum absolute atomic E-state index is 0.227. The van der Waals surface area contributed by atoms with Crippen molar-refractivity contribution in [1.29, 1.82) is 0 Å². The van der Waals surface area contributed by atoms with Crippen LogP contribution in [0.3, 0.4) is 0 Å². The monoisotopic (exact) mass is 263 g/mol. The molecule has 0 aliphatic carbocycles. The second kappa shape index (κ2) is 5.48. The number of nitrogens with two attached hydrogens (primary N) is 1. The van der Waals surface area contributed by atoms with Crippen molar-refractivity contribution in [2.75, 3.05) is 31.8 Å². The zero-order valence-electron chi connectivity index (χ0n) is 11.7. The van der Waals surface area contributed by atoms with Crippen molar-refractivity contribution < 1.29 is 9.47 Å². The van der Waals surface area contributed by atoms with E-state index in [1.165, 1.54) is 0 Å². The molecule has 1 aliphatic rings. The van der Waals surface area contributed by atoms with Gasteiger partial charge in [0.2, 0.25) is 0 Å². The quantitative estimate of drug-likeness (QED) is 0.877. The van der Waals surface area contributed by atoms with Crippen LogP contribution in [0.4, 0.5) is 5.69 Å². The molecule has 0 spiro atoms. The molecule has 0 amide bonds. The van der Waals surface area contributed by atoms with E-state index in [9.17, 15) is 0 Å². The van der Waals surface area contributed by atoms with Crippen LogP contribution in [0.15, 0.2) is 29.3 Å². The van der Waals surface area contributed by atoms with Crippen LogP contribution in [-0.4, -0.2) is 38.4 Å². The minimum atomic E-state index is -0.227. The summed E-state index contributed by atoms with van der Waals surface area (Å²) in [6, 6.07) is 7.80. The van der Waals surface area contributed by atoms with Gasteiger partial charge >= 0.3 is 0 Å². The first-order chi connectivity index (χ1) is 9.10. The molecule has 0 saturated heterocycles. The lowest BCUT2D eigenvalue weighted by molar-refractivity contribution is 0.108. The van der Waals surface area contributed by atoms with E-state index in [-0.39, 0.29) is 5.54 Å². The van der Waals surface area contributed by atoms with E-state index in [4.69, 9.17) is 15.2 Å². The highest BCUT2D eigenvalue weighted by molar-refractivity contribution is 5.98. The fraction of sp³-hybridized carbons (Fsp3) is 0.500. The first-order valence-electron chi connectivity index (χ1n) is 6.42. The Balaban J connectivity index is 2.25. The molecule has 2 N–H and O–H groups in total. The van der Waals surface area contributed by atoms with Gasteiger partial charge < -0.3 is 20.1 Å². The summed E-state index contributed by atoms with van der Waals surface area (Å²) in [5.74, 6) is 1.36. The van der Waals surface area contributed by atoms with Crippen LogP contribution in [0.5, 0.6) is 5.75 Å². The van der Waals surface area contributed by atoms with Crippen LogP contribution >= 0.6 is 0 Å². The highest BCUT2D eigenvalue weighted by Gasteiger charge is 2.39. The number of hydrogen-bond donors (Lipinski definition) is 1. The largest absolute Gasteiger partial charge is 0.497 e. The van der Waals surface area contributed by atoms with Crippen molar-refractivity contribution in [2.45, 2.75) is 19.4 Å². The number of nitrogens with zero attached hydrogens (tertiary/aromatic N) is 2. The molecule has 0 aromatic heterocycles. The molecule has 1 atom stereocenters. The van der Waals surface area contributed by atoms with Gasteiger partial charge in [0.15, 0.2) is 5.96 Å². The molecular weight excluding hydrogens is 242 g/mol. The van der Waals surface area contributed by atoms with Crippen LogP contribution in [-0.2, 0) is 4.74 Å². The van der Waals surface area contributed by atoms with Crippen LogP contribution < -0.4 is 15.4 Å². The lowest BCUT2D eigenvalue weighted by Gasteiger charge is -2.35. The van der Waals surface area contributed by atoms with Gasteiger partial charge in [-0.3, -0.25) is 4.99 Å². The normalized spacial score (nSPS) is 22.5. The van der Waals surface area contributed by atoms with Crippen molar-refractivity contribution in [1.82, 2.24) is 0 Å². The van der Waals surface area contributed by atoms with Crippen molar-refractivity contribution >= 4 is 11.6 Å². The molecule has 0 radical (unpaired) electrons. The van der Waals surface area contributed by atoms with Gasteiger partial charge in [0.1, 0.15) is 5.75 Å². The topological polar surface area (TPSA) is 60.1 Å². The van der Waals surface area contributed by atoms with E-state index in [1.54, 1.807) is 7.11 Å². The van der Waals surface area contributed by atoms with E-state index in [0.717, 1.165) is 11.4 Å². The molecule has 0 saturated carbocycles. The third-order valence-corrected chi connectivity index (χ3v) is 3.30. The first-order valence-corrected chi connectivity index (χ1v) is 6.42. The number of rotatable bonds is 5. The molecule has 1 heterocycles. The third-order valence-electron chi connectivity index (χ3n) is 3.30. The van der Waals surface area contributed by atoms with E-state index in [2.05, 4.69) is 11.9 Å². The van der Waals surface area contributed by atoms with Gasteiger partial charge in [-0.05, 0) is 38.1 Å². The van der Waals surface area contributed by atoms with Crippen LogP contribution in [0.2, 0.25) is 0 Å². The second-order valence-electron chi connectivity index (χ2n) is 4.84.